The Kier molecular flexibility index (Phi) is 5.07. The number of amides is 1. The fraction of sp³-hybridized carbons (Fsp3) is 0.267. The summed E-state index contributed by atoms with van der Waals surface area (Å²) in [5.74, 6) is 6.23. The van der Waals surface area contributed by atoms with Crippen molar-refractivity contribution in [1.29, 1.82) is 0 Å². The van der Waals surface area contributed by atoms with Crippen molar-refractivity contribution in [2.24, 2.45) is 0 Å². The Morgan fingerprint density at radius 1 is 1.43 bits per heavy atom. The standard InChI is InChI=1S/C15H16N4O2/c1-19(10-14-16-11-17-18-14)15(21)13-8-3-2-6-12(13)7-4-5-9-20/h2-3,6,8,11,20H,5,9-10H2,1H3,(H,16,17,18). The maximum absolute atomic E-state index is 12.5. The summed E-state index contributed by atoms with van der Waals surface area (Å²) in [5, 5.41) is 15.2. The molecule has 0 atom stereocenters. The summed E-state index contributed by atoms with van der Waals surface area (Å²) in [6.07, 6.45) is 1.79. The minimum atomic E-state index is -0.139. The zero-order valence-corrected chi connectivity index (χ0v) is 11.7. The van der Waals surface area contributed by atoms with Crippen LogP contribution in [0, 0.1) is 11.8 Å². The zero-order chi connectivity index (χ0) is 15.1. The van der Waals surface area contributed by atoms with E-state index < -0.39 is 0 Å². The highest BCUT2D eigenvalue weighted by Crippen LogP contribution is 2.11. The van der Waals surface area contributed by atoms with Gasteiger partial charge in [-0.3, -0.25) is 9.89 Å². The van der Waals surface area contributed by atoms with E-state index in [1.807, 2.05) is 6.07 Å². The Hall–Kier alpha value is -2.65. The van der Waals surface area contributed by atoms with Crippen LogP contribution in [-0.2, 0) is 6.54 Å². The van der Waals surface area contributed by atoms with E-state index in [2.05, 4.69) is 27.0 Å². The number of hydrogen-bond acceptors (Lipinski definition) is 4. The molecule has 1 heterocycles. The van der Waals surface area contributed by atoms with Gasteiger partial charge in [0.05, 0.1) is 18.7 Å². The van der Waals surface area contributed by atoms with E-state index in [0.717, 1.165) is 0 Å². The van der Waals surface area contributed by atoms with Gasteiger partial charge < -0.3 is 10.0 Å². The molecule has 0 bridgehead atoms. The van der Waals surface area contributed by atoms with Crippen LogP contribution in [0.25, 0.3) is 0 Å². The first-order valence-corrected chi connectivity index (χ1v) is 6.51. The van der Waals surface area contributed by atoms with Gasteiger partial charge in [0.25, 0.3) is 5.91 Å². The topological polar surface area (TPSA) is 82.1 Å². The maximum Gasteiger partial charge on any atom is 0.255 e. The van der Waals surface area contributed by atoms with E-state index in [9.17, 15) is 4.79 Å². The molecule has 6 nitrogen and oxygen atoms in total. The number of H-pyrrole nitrogens is 1. The van der Waals surface area contributed by atoms with Crippen molar-refractivity contribution in [2.75, 3.05) is 13.7 Å². The quantitative estimate of drug-likeness (QED) is 0.814. The molecule has 2 rings (SSSR count). The third-order valence-corrected chi connectivity index (χ3v) is 2.82. The number of nitrogens with zero attached hydrogens (tertiary/aromatic N) is 3. The summed E-state index contributed by atoms with van der Waals surface area (Å²) in [7, 11) is 1.70. The molecular formula is C15H16N4O2. The van der Waals surface area contributed by atoms with Gasteiger partial charge in [0.2, 0.25) is 0 Å². The van der Waals surface area contributed by atoms with Crippen molar-refractivity contribution < 1.29 is 9.90 Å². The molecule has 21 heavy (non-hydrogen) atoms. The van der Waals surface area contributed by atoms with Gasteiger partial charge in [0, 0.05) is 19.0 Å². The van der Waals surface area contributed by atoms with Crippen molar-refractivity contribution in [1.82, 2.24) is 20.1 Å². The number of aromatic nitrogens is 3. The molecule has 2 N–H and O–H groups in total. The molecule has 1 aromatic heterocycles. The zero-order valence-electron chi connectivity index (χ0n) is 11.7. The third kappa shape index (κ3) is 3.91. The highest BCUT2D eigenvalue weighted by Gasteiger charge is 2.15. The molecule has 0 aliphatic heterocycles. The van der Waals surface area contributed by atoms with Gasteiger partial charge in [0.15, 0.2) is 0 Å². The Bertz CT molecular complexity index is 656. The van der Waals surface area contributed by atoms with Crippen LogP contribution in [0.5, 0.6) is 0 Å². The van der Waals surface area contributed by atoms with E-state index in [1.54, 1.807) is 30.1 Å². The smallest absolute Gasteiger partial charge is 0.255 e. The average Bonchev–Trinajstić information content (AvgIpc) is 3.00. The van der Waals surface area contributed by atoms with E-state index in [-0.39, 0.29) is 12.5 Å². The Balaban J connectivity index is 2.17. The third-order valence-electron chi connectivity index (χ3n) is 2.82. The van der Waals surface area contributed by atoms with Crippen LogP contribution in [0.3, 0.4) is 0 Å². The van der Waals surface area contributed by atoms with Gasteiger partial charge >= 0.3 is 0 Å². The normalized spacial score (nSPS) is 9.81. The highest BCUT2D eigenvalue weighted by molar-refractivity contribution is 5.96. The predicted octanol–water partition coefficient (Wildman–Crippen LogP) is 0.811. The highest BCUT2D eigenvalue weighted by atomic mass is 16.2. The molecule has 0 spiro atoms. The van der Waals surface area contributed by atoms with Gasteiger partial charge in [-0.1, -0.05) is 24.0 Å². The lowest BCUT2D eigenvalue weighted by Gasteiger charge is -2.16. The van der Waals surface area contributed by atoms with Gasteiger partial charge in [-0.05, 0) is 12.1 Å². The molecule has 1 amide bonds. The number of aliphatic hydroxyl groups is 1. The largest absolute Gasteiger partial charge is 0.395 e. The molecular weight excluding hydrogens is 268 g/mol. The van der Waals surface area contributed by atoms with Crippen LogP contribution in [0.15, 0.2) is 30.6 Å². The summed E-state index contributed by atoms with van der Waals surface area (Å²) in [6, 6.07) is 7.16. The van der Waals surface area contributed by atoms with Crippen molar-refractivity contribution in [3.8, 4) is 11.8 Å². The fourth-order valence-electron chi connectivity index (χ4n) is 1.80. The molecule has 0 saturated heterocycles. The number of nitrogens with one attached hydrogen (secondary N) is 1. The second-order valence-electron chi connectivity index (χ2n) is 4.41. The van der Waals surface area contributed by atoms with Crippen LogP contribution in [-0.4, -0.2) is 44.7 Å². The lowest BCUT2D eigenvalue weighted by molar-refractivity contribution is 0.0781. The maximum atomic E-state index is 12.5. The summed E-state index contributed by atoms with van der Waals surface area (Å²) in [5.41, 5.74) is 1.19. The van der Waals surface area contributed by atoms with Crippen LogP contribution in [0.4, 0.5) is 0 Å². The van der Waals surface area contributed by atoms with Crippen LogP contribution < -0.4 is 0 Å². The second kappa shape index (κ2) is 7.22. The van der Waals surface area contributed by atoms with Gasteiger partial charge in [-0.15, -0.1) is 0 Å². The summed E-state index contributed by atoms with van der Waals surface area (Å²) < 4.78 is 0. The minimum absolute atomic E-state index is 0.00844. The number of carbonyl (C=O) groups excluding carboxylic acids is 1. The Labute approximate surface area is 122 Å². The van der Waals surface area contributed by atoms with Gasteiger partial charge in [0.1, 0.15) is 12.2 Å². The second-order valence-corrected chi connectivity index (χ2v) is 4.41. The predicted molar refractivity (Wildman–Crippen MR) is 77.2 cm³/mol. The lowest BCUT2D eigenvalue weighted by Crippen LogP contribution is -2.27. The van der Waals surface area contributed by atoms with Crippen molar-refractivity contribution in [3.05, 3.63) is 47.5 Å². The van der Waals surface area contributed by atoms with Gasteiger partial charge in [-0.25, -0.2) is 4.98 Å². The van der Waals surface area contributed by atoms with Crippen LogP contribution in [0.2, 0.25) is 0 Å². The monoisotopic (exact) mass is 284 g/mol. The molecule has 2 aromatic rings. The molecule has 0 radical (unpaired) electrons. The molecule has 0 unspecified atom stereocenters. The molecule has 0 saturated carbocycles. The first kappa shape index (κ1) is 14.8. The first-order chi connectivity index (χ1) is 10.2. The van der Waals surface area contributed by atoms with Crippen LogP contribution >= 0.6 is 0 Å². The molecule has 0 aliphatic carbocycles. The van der Waals surface area contributed by atoms with Crippen LogP contribution in [0.1, 0.15) is 28.2 Å². The molecule has 0 fully saturated rings. The lowest BCUT2D eigenvalue weighted by atomic mass is 10.1. The molecule has 6 heteroatoms. The van der Waals surface area contributed by atoms with E-state index in [0.29, 0.717) is 29.9 Å². The summed E-state index contributed by atoms with van der Waals surface area (Å²) in [4.78, 5) is 18.0. The summed E-state index contributed by atoms with van der Waals surface area (Å²) >= 11 is 0. The number of aliphatic hydroxyl groups excluding tert-OH is 1. The summed E-state index contributed by atoms with van der Waals surface area (Å²) in [6.45, 7) is 0.353. The van der Waals surface area contributed by atoms with E-state index in [1.165, 1.54) is 6.33 Å². The minimum Gasteiger partial charge on any atom is -0.395 e. The number of rotatable bonds is 4. The number of carbonyl (C=O) groups is 1. The average molecular weight is 284 g/mol. The van der Waals surface area contributed by atoms with E-state index in [4.69, 9.17) is 5.11 Å². The van der Waals surface area contributed by atoms with Crippen molar-refractivity contribution >= 4 is 5.91 Å². The molecule has 1 aromatic carbocycles. The first-order valence-electron chi connectivity index (χ1n) is 6.51. The molecule has 108 valence electrons. The van der Waals surface area contributed by atoms with E-state index >= 15 is 0 Å². The number of hydrogen-bond donors (Lipinski definition) is 2. The SMILES string of the molecule is CN(Cc1ncn[nH]1)C(=O)c1ccccc1C#CCCO. The Morgan fingerprint density at radius 3 is 2.95 bits per heavy atom. The number of benzene rings is 1. The Morgan fingerprint density at radius 2 is 2.24 bits per heavy atom. The fourth-order valence-corrected chi connectivity index (χ4v) is 1.80. The van der Waals surface area contributed by atoms with Crippen molar-refractivity contribution in [2.45, 2.75) is 13.0 Å². The number of aromatic amines is 1. The van der Waals surface area contributed by atoms with Gasteiger partial charge in [-0.2, -0.15) is 5.10 Å². The molecule has 0 aliphatic rings. The van der Waals surface area contributed by atoms with Crippen molar-refractivity contribution in [3.63, 3.8) is 0 Å².